The van der Waals surface area contributed by atoms with Gasteiger partial charge in [0.25, 0.3) is 11.8 Å². The number of hydrogen-bond acceptors (Lipinski definition) is 11. The molecule has 0 spiro atoms. The summed E-state index contributed by atoms with van der Waals surface area (Å²) in [7, 11) is 1.67. The van der Waals surface area contributed by atoms with E-state index in [0.29, 0.717) is 17.0 Å². The molecule has 278 valence electrons. The average Bonchev–Trinajstić information content (AvgIpc) is 3.72. The predicted molar refractivity (Wildman–Crippen MR) is 210 cm³/mol. The number of fused-ring (bicyclic) bond motifs is 2. The molecule has 3 fully saturated rings. The molecular weight excluding hydrogens is 703 g/mol. The Morgan fingerprint density at radius 1 is 0.852 bits per heavy atom. The summed E-state index contributed by atoms with van der Waals surface area (Å²) in [5.74, 6) is 0.645. The third-order valence-electron chi connectivity index (χ3n) is 11.0. The summed E-state index contributed by atoms with van der Waals surface area (Å²) in [4.78, 5) is 68.0. The van der Waals surface area contributed by atoms with E-state index in [2.05, 4.69) is 43.2 Å². The van der Waals surface area contributed by atoms with Crippen molar-refractivity contribution in [2.75, 3.05) is 62.7 Å². The van der Waals surface area contributed by atoms with Crippen molar-refractivity contribution in [1.82, 2.24) is 25.1 Å². The third kappa shape index (κ3) is 7.51. The van der Waals surface area contributed by atoms with Crippen LogP contribution in [0.5, 0.6) is 5.75 Å². The zero-order valence-corrected chi connectivity index (χ0v) is 31.1. The van der Waals surface area contributed by atoms with Gasteiger partial charge >= 0.3 is 0 Å². The highest BCUT2D eigenvalue weighted by molar-refractivity contribution is 7.19. The van der Waals surface area contributed by atoms with Gasteiger partial charge in [0, 0.05) is 57.6 Å². The molecule has 2 aromatic heterocycles. The molecule has 1 N–H and O–H groups in total. The van der Waals surface area contributed by atoms with Gasteiger partial charge in [-0.05, 0) is 98.3 Å². The number of benzene rings is 2. The molecule has 1 atom stereocenters. The summed E-state index contributed by atoms with van der Waals surface area (Å²) in [6, 6.07) is 14.6. The Kier molecular flexibility index (Phi) is 10.2. The zero-order chi connectivity index (χ0) is 37.2. The second kappa shape index (κ2) is 15.5. The molecule has 0 bridgehead atoms. The van der Waals surface area contributed by atoms with Crippen molar-refractivity contribution < 1.29 is 23.9 Å². The van der Waals surface area contributed by atoms with Crippen LogP contribution < -0.4 is 19.9 Å². The van der Waals surface area contributed by atoms with Crippen molar-refractivity contribution in [3.63, 3.8) is 0 Å². The summed E-state index contributed by atoms with van der Waals surface area (Å²) in [6.45, 7) is 6.63. The largest absolute Gasteiger partial charge is 0.497 e. The van der Waals surface area contributed by atoms with Gasteiger partial charge in [0.05, 0.1) is 28.5 Å². The van der Waals surface area contributed by atoms with Crippen LogP contribution in [0.4, 0.5) is 11.5 Å². The summed E-state index contributed by atoms with van der Waals surface area (Å²) in [5, 5.41) is 3.20. The van der Waals surface area contributed by atoms with Crippen LogP contribution in [0.3, 0.4) is 0 Å². The predicted octanol–water partition coefficient (Wildman–Crippen LogP) is 5.26. The van der Waals surface area contributed by atoms with Crippen molar-refractivity contribution in [3.8, 4) is 5.75 Å². The van der Waals surface area contributed by atoms with Crippen molar-refractivity contribution in [3.05, 3.63) is 88.6 Å². The highest BCUT2D eigenvalue weighted by Gasteiger charge is 2.44. The molecule has 1 unspecified atom stereocenters. The third-order valence-corrected chi connectivity index (χ3v) is 12.0. The number of ether oxygens (including phenoxy) is 1. The fraction of sp³-hybridized carbons (Fsp3) is 0.366. The van der Waals surface area contributed by atoms with Crippen LogP contribution >= 0.6 is 11.3 Å². The number of methoxy groups -OCH3 is 1. The Balaban J connectivity index is 0.762. The minimum atomic E-state index is -0.956. The Hall–Kier alpha value is -5.40. The SMILES string of the molecule is COc1ccc2nc(/C=C/C=C/c3ccc(N4CCC(CCN5CCN(c6ccc7c(c6)C(=O)N(C6CCC(=O)NC6=O)C7=O)CC5)CC4)nc3)sc2c1. The molecule has 4 aliphatic rings. The molecule has 3 saturated heterocycles. The molecule has 4 aliphatic heterocycles. The maximum Gasteiger partial charge on any atom is 0.262 e. The number of piperidine rings is 2. The summed E-state index contributed by atoms with van der Waals surface area (Å²) >= 11 is 1.64. The summed E-state index contributed by atoms with van der Waals surface area (Å²) in [5.41, 5.74) is 3.58. The topological polar surface area (TPSA) is 128 Å². The number of hydrogen-bond donors (Lipinski definition) is 1. The molecule has 13 heteroatoms. The first-order chi connectivity index (χ1) is 26.3. The first-order valence-corrected chi connectivity index (χ1v) is 19.5. The standard InChI is InChI=1S/C41H43N7O5S/c1-53-30-8-10-33-35(25-30)54-38(43-33)5-3-2-4-28-6-12-36(42-26-28)47-18-15-27(16-19-47)14-17-45-20-22-46(23-21-45)29-7-9-31-32(24-29)41(52)48(40(31)51)34-11-13-37(49)44-39(34)50/h2-10,12,24-27,34H,11,13-23H2,1H3,(H,44,49,50)/b4-2+,5-3+. The molecule has 4 aromatic rings. The van der Waals surface area contributed by atoms with E-state index in [1.54, 1.807) is 30.6 Å². The number of thiazole rings is 1. The monoisotopic (exact) mass is 745 g/mol. The fourth-order valence-corrected chi connectivity index (χ4v) is 8.72. The number of carbonyl (C=O) groups is 4. The molecule has 2 aromatic carbocycles. The quantitative estimate of drug-likeness (QED) is 0.170. The number of nitrogens with zero attached hydrogens (tertiary/aromatic N) is 6. The van der Waals surface area contributed by atoms with Gasteiger partial charge in [-0.1, -0.05) is 18.2 Å². The smallest absolute Gasteiger partial charge is 0.262 e. The lowest BCUT2D eigenvalue weighted by Crippen LogP contribution is -2.54. The van der Waals surface area contributed by atoms with Crippen LogP contribution in [0.25, 0.3) is 22.4 Å². The Labute approximate surface area is 318 Å². The number of anilines is 2. The number of carbonyl (C=O) groups excluding carboxylic acids is 4. The van der Waals surface area contributed by atoms with E-state index in [1.165, 1.54) is 6.42 Å². The highest BCUT2D eigenvalue weighted by atomic mass is 32.1. The van der Waals surface area contributed by atoms with Gasteiger partial charge in [0.15, 0.2) is 0 Å². The molecule has 0 saturated carbocycles. The van der Waals surface area contributed by atoms with Gasteiger partial charge in [0.2, 0.25) is 11.8 Å². The fourth-order valence-electron chi connectivity index (χ4n) is 7.81. The lowest BCUT2D eigenvalue weighted by Gasteiger charge is -2.38. The molecule has 6 heterocycles. The van der Waals surface area contributed by atoms with Gasteiger partial charge in [-0.25, -0.2) is 9.97 Å². The number of nitrogens with one attached hydrogen (secondary N) is 1. The van der Waals surface area contributed by atoms with E-state index in [4.69, 9.17) is 9.72 Å². The maximum atomic E-state index is 13.3. The molecule has 0 radical (unpaired) electrons. The lowest BCUT2D eigenvalue weighted by molar-refractivity contribution is -0.136. The number of rotatable bonds is 10. The van der Waals surface area contributed by atoms with Gasteiger partial charge in [0.1, 0.15) is 22.6 Å². The zero-order valence-electron chi connectivity index (χ0n) is 30.3. The van der Waals surface area contributed by atoms with E-state index in [1.807, 2.05) is 48.7 Å². The minimum Gasteiger partial charge on any atom is -0.497 e. The van der Waals surface area contributed by atoms with Gasteiger partial charge < -0.3 is 14.5 Å². The lowest BCUT2D eigenvalue weighted by atomic mass is 9.93. The molecule has 0 aliphatic carbocycles. The van der Waals surface area contributed by atoms with E-state index < -0.39 is 23.8 Å². The van der Waals surface area contributed by atoms with Crippen LogP contribution in [0.2, 0.25) is 0 Å². The first-order valence-electron chi connectivity index (χ1n) is 18.7. The van der Waals surface area contributed by atoms with E-state index in [-0.39, 0.29) is 18.7 Å². The summed E-state index contributed by atoms with van der Waals surface area (Å²) < 4.78 is 6.42. The van der Waals surface area contributed by atoms with Crippen LogP contribution in [-0.2, 0) is 9.59 Å². The molecule has 4 amide bonds. The number of aromatic nitrogens is 2. The second-order valence-electron chi connectivity index (χ2n) is 14.3. The van der Waals surface area contributed by atoms with Crippen molar-refractivity contribution in [2.24, 2.45) is 5.92 Å². The molecular formula is C41H43N7O5S. The molecule has 54 heavy (non-hydrogen) atoms. The van der Waals surface area contributed by atoms with Crippen LogP contribution in [0.15, 0.2) is 66.9 Å². The van der Waals surface area contributed by atoms with Crippen LogP contribution in [0, 0.1) is 5.92 Å². The van der Waals surface area contributed by atoms with Crippen molar-refractivity contribution >= 4 is 68.8 Å². The van der Waals surface area contributed by atoms with Crippen molar-refractivity contribution in [2.45, 2.75) is 38.1 Å². The molecule has 12 nitrogen and oxygen atoms in total. The normalized spacial score (nSPS) is 20.2. The molecule has 8 rings (SSSR count). The van der Waals surface area contributed by atoms with Gasteiger partial charge in [-0.15, -0.1) is 11.3 Å². The van der Waals surface area contributed by atoms with Gasteiger partial charge in [-0.2, -0.15) is 0 Å². The number of piperazine rings is 1. The Morgan fingerprint density at radius 3 is 2.41 bits per heavy atom. The second-order valence-corrected chi connectivity index (χ2v) is 15.3. The summed E-state index contributed by atoms with van der Waals surface area (Å²) in [6.07, 6.45) is 13.8. The highest BCUT2D eigenvalue weighted by Crippen LogP contribution is 2.32. The first kappa shape index (κ1) is 35.6. The number of imide groups is 2. The maximum absolute atomic E-state index is 13.3. The number of pyridine rings is 1. The minimum absolute atomic E-state index is 0.105. The van der Waals surface area contributed by atoms with Crippen LogP contribution in [0.1, 0.15) is 63.4 Å². The number of allylic oxidation sites excluding steroid dienone is 2. The Bertz CT molecular complexity index is 2130. The number of amides is 4. The van der Waals surface area contributed by atoms with E-state index >= 15 is 0 Å². The van der Waals surface area contributed by atoms with E-state index in [9.17, 15) is 19.2 Å². The average molecular weight is 746 g/mol. The van der Waals surface area contributed by atoms with Crippen molar-refractivity contribution in [1.29, 1.82) is 0 Å². The van der Waals surface area contributed by atoms with Gasteiger partial charge in [-0.3, -0.25) is 34.3 Å². The van der Waals surface area contributed by atoms with Crippen LogP contribution in [-0.4, -0.2) is 102 Å². The Morgan fingerprint density at radius 2 is 1.65 bits per heavy atom. The van der Waals surface area contributed by atoms with E-state index in [0.717, 1.165) is 102 Å².